The summed E-state index contributed by atoms with van der Waals surface area (Å²) in [5.41, 5.74) is 0. The normalized spacial score (nSPS) is 15.3. The number of carbonyl (C=O) groups excluding carboxylic acids is 1. The van der Waals surface area contributed by atoms with E-state index in [9.17, 15) is 38.2 Å². The van der Waals surface area contributed by atoms with Gasteiger partial charge in [0.1, 0.15) is 24.4 Å². The minimum Gasteiger partial charge on any atom is -0.748 e. The van der Waals surface area contributed by atoms with E-state index in [2.05, 4.69) is 6.92 Å². The summed E-state index contributed by atoms with van der Waals surface area (Å²) >= 11 is 0. The van der Waals surface area contributed by atoms with E-state index in [-0.39, 0.29) is 36.0 Å². The van der Waals surface area contributed by atoms with Crippen molar-refractivity contribution in [2.45, 2.75) is 108 Å². The van der Waals surface area contributed by atoms with Crippen LogP contribution >= 0.6 is 0 Å². The summed E-state index contributed by atoms with van der Waals surface area (Å²) in [6.07, 6.45) is 5.07. The Kier molecular flexibility index (Phi) is 22.7. The maximum absolute atomic E-state index is 12.5. The first-order valence-corrected chi connectivity index (χ1v) is 13.7. The molecule has 0 aromatic rings. The Morgan fingerprint density at radius 3 is 1.71 bits per heavy atom. The van der Waals surface area contributed by atoms with Gasteiger partial charge in [0, 0.05) is 19.5 Å². The van der Waals surface area contributed by atoms with Crippen molar-refractivity contribution in [2.75, 3.05) is 25.4 Å². The van der Waals surface area contributed by atoms with Crippen LogP contribution in [0.3, 0.4) is 0 Å². The van der Waals surface area contributed by atoms with Crippen molar-refractivity contribution in [2.24, 2.45) is 0 Å². The molecule has 0 aliphatic carbocycles. The van der Waals surface area contributed by atoms with Crippen LogP contribution < -0.4 is 29.6 Å². The third-order valence-corrected chi connectivity index (χ3v) is 6.37. The topological polar surface area (TPSA) is 179 Å². The average Bonchev–Trinajstić information content (AvgIpc) is 2.77. The molecule has 0 unspecified atom stereocenters. The predicted octanol–water partition coefficient (Wildman–Crippen LogP) is -2.50. The van der Waals surface area contributed by atoms with Crippen molar-refractivity contribution >= 4 is 16.0 Å². The monoisotopic (exact) mass is 521 g/mol. The Balaban J connectivity index is 0. The minimum atomic E-state index is -4.60. The van der Waals surface area contributed by atoms with E-state index in [1.165, 1.54) is 38.5 Å². The average molecular weight is 522 g/mol. The summed E-state index contributed by atoms with van der Waals surface area (Å²) in [4.78, 5) is 13.5. The van der Waals surface area contributed by atoms with Gasteiger partial charge in [-0.1, -0.05) is 71.1 Å². The number of hydrogen-bond donors (Lipinski definition) is 5. The molecule has 0 bridgehead atoms. The predicted molar refractivity (Wildman–Crippen MR) is 123 cm³/mol. The van der Waals surface area contributed by atoms with E-state index in [1.54, 1.807) is 0 Å². The van der Waals surface area contributed by atoms with Crippen LogP contribution in [0.4, 0.5) is 0 Å². The molecule has 0 saturated carbocycles. The number of nitrogens with zero attached hydrogens (tertiary/aromatic N) is 1. The van der Waals surface area contributed by atoms with Crippen LogP contribution in [-0.4, -0.2) is 99.2 Å². The number of aliphatic hydroxyl groups is 5. The second-order valence-corrected chi connectivity index (χ2v) is 10.2. The van der Waals surface area contributed by atoms with Crippen LogP contribution in [0, 0.1) is 0 Å². The standard InChI is InChI=1S/C22H45NO9S.Na/c1-2-3-4-5-6-7-8-9-10-11-12-13-20(27)23(14-15-33(30,31)32)16-18(25)21(28)22(29)19(26)17-24;/h18-19,21-22,24-26,28-29H,2-17H2,1H3,(H,30,31,32);/q;+1/p-1/t18-,19+,21+,22+;/m0./s1. The Morgan fingerprint density at radius 2 is 1.26 bits per heavy atom. The first-order valence-electron chi connectivity index (χ1n) is 12.1. The Morgan fingerprint density at radius 1 is 0.824 bits per heavy atom. The summed E-state index contributed by atoms with van der Waals surface area (Å²) in [5, 5.41) is 48.0. The maximum atomic E-state index is 12.5. The molecular weight excluding hydrogens is 477 g/mol. The number of aliphatic hydroxyl groups excluding tert-OH is 5. The van der Waals surface area contributed by atoms with Gasteiger partial charge >= 0.3 is 29.6 Å². The molecule has 0 heterocycles. The molecule has 0 aliphatic rings. The Bertz CT molecular complexity index is 609. The van der Waals surface area contributed by atoms with Crippen molar-refractivity contribution in [3.8, 4) is 0 Å². The molecule has 0 rings (SSSR count). The molecule has 198 valence electrons. The van der Waals surface area contributed by atoms with Gasteiger partial charge < -0.3 is 35.0 Å². The van der Waals surface area contributed by atoms with Gasteiger partial charge in [0.25, 0.3) is 0 Å². The summed E-state index contributed by atoms with van der Waals surface area (Å²) in [7, 11) is -4.60. The first-order chi connectivity index (χ1) is 15.5. The van der Waals surface area contributed by atoms with Crippen LogP contribution in [0.15, 0.2) is 0 Å². The van der Waals surface area contributed by atoms with Crippen molar-refractivity contribution in [1.82, 2.24) is 4.90 Å². The van der Waals surface area contributed by atoms with Gasteiger partial charge in [0.15, 0.2) is 0 Å². The van der Waals surface area contributed by atoms with Gasteiger partial charge in [-0.3, -0.25) is 4.79 Å². The smallest absolute Gasteiger partial charge is 0.748 e. The quantitative estimate of drug-likeness (QED) is 0.0620. The molecule has 0 radical (unpaired) electrons. The third kappa shape index (κ3) is 18.4. The Hall–Kier alpha value is 0.180. The molecule has 0 aliphatic heterocycles. The number of carbonyl (C=O) groups is 1. The number of unbranched alkanes of at least 4 members (excludes halogenated alkanes) is 10. The van der Waals surface area contributed by atoms with Crippen molar-refractivity contribution in [3.05, 3.63) is 0 Å². The van der Waals surface area contributed by atoms with E-state index in [1.807, 2.05) is 0 Å². The van der Waals surface area contributed by atoms with E-state index in [0.29, 0.717) is 6.42 Å². The van der Waals surface area contributed by atoms with Crippen LogP contribution in [0.25, 0.3) is 0 Å². The zero-order chi connectivity index (χ0) is 25.3. The molecule has 0 aromatic carbocycles. The summed E-state index contributed by atoms with van der Waals surface area (Å²) in [5.74, 6) is -1.32. The number of hydrogen-bond acceptors (Lipinski definition) is 9. The van der Waals surface area contributed by atoms with E-state index < -0.39 is 65.9 Å². The molecule has 0 aromatic heterocycles. The van der Waals surface area contributed by atoms with Gasteiger partial charge in [-0.2, -0.15) is 0 Å². The second-order valence-electron chi connectivity index (χ2n) is 8.69. The molecule has 0 spiro atoms. The van der Waals surface area contributed by atoms with Gasteiger partial charge in [-0.25, -0.2) is 8.42 Å². The molecule has 1 amide bonds. The number of rotatable bonds is 21. The van der Waals surface area contributed by atoms with Crippen LogP contribution in [0.5, 0.6) is 0 Å². The fourth-order valence-corrected chi connectivity index (χ4v) is 3.98. The van der Waals surface area contributed by atoms with Gasteiger partial charge in [-0.05, 0) is 6.42 Å². The minimum absolute atomic E-state index is 0. The molecule has 0 fully saturated rings. The fourth-order valence-electron chi connectivity index (χ4n) is 3.54. The second kappa shape index (κ2) is 21.3. The summed E-state index contributed by atoms with van der Waals surface area (Å²) < 4.78 is 32.9. The van der Waals surface area contributed by atoms with Crippen LogP contribution in [0.1, 0.15) is 84.0 Å². The van der Waals surface area contributed by atoms with Crippen molar-refractivity contribution in [1.29, 1.82) is 0 Å². The Labute approximate surface area is 226 Å². The SMILES string of the molecule is CCCCCCCCCCCCCC(=O)N(CCS(=O)(=O)[O-])C[C@H](O)[C@@H](O)[C@H](O)[C@H](O)CO.[Na+]. The van der Waals surface area contributed by atoms with Gasteiger partial charge in [0.05, 0.1) is 22.5 Å². The molecular formula is C22H44NNaO9S. The van der Waals surface area contributed by atoms with E-state index in [0.717, 1.165) is 30.6 Å². The summed E-state index contributed by atoms with van der Waals surface area (Å²) in [6.45, 7) is 0.366. The molecule has 10 nitrogen and oxygen atoms in total. The molecule has 5 N–H and O–H groups in total. The van der Waals surface area contributed by atoms with E-state index >= 15 is 0 Å². The zero-order valence-electron chi connectivity index (χ0n) is 20.8. The fraction of sp³-hybridized carbons (Fsp3) is 0.955. The maximum Gasteiger partial charge on any atom is 1.00 e. The first kappa shape index (κ1) is 36.3. The third-order valence-electron chi connectivity index (χ3n) is 5.69. The molecule has 34 heavy (non-hydrogen) atoms. The molecule has 0 saturated heterocycles. The molecule has 4 atom stereocenters. The zero-order valence-corrected chi connectivity index (χ0v) is 23.7. The van der Waals surface area contributed by atoms with Gasteiger partial charge in [-0.15, -0.1) is 0 Å². The largest absolute Gasteiger partial charge is 1.00 e. The van der Waals surface area contributed by atoms with Gasteiger partial charge in [0.2, 0.25) is 5.91 Å². The summed E-state index contributed by atoms with van der Waals surface area (Å²) in [6, 6.07) is 0. The van der Waals surface area contributed by atoms with Crippen molar-refractivity contribution < 1.29 is 72.9 Å². The van der Waals surface area contributed by atoms with Crippen LogP contribution in [-0.2, 0) is 14.9 Å². The number of amides is 1. The van der Waals surface area contributed by atoms with E-state index in [4.69, 9.17) is 5.11 Å². The van der Waals surface area contributed by atoms with Crippen LogP contribution in [0.2, 0.25) is 0 Å². The van der Waals surface area contributed by atoms with Crippen molar-refractivity contribution in [3.63, 3.8) is 0 Å². The molecule has 12 heteroatoms.